The molecular weight excluding hydrogens is 232 g/mol. The Morgan fingerprint density at radius 3 is 2.89 bits per heavy atom. The maximum Gasteiger partial charge on any atom is 0.222 e. The maximum atomic E-state index is 12.2. The highest BCUT2D eigenvalue weighted by atomic mass is 127. The molecule has 0 saturated heterocycles. The Hall–Kier alpha value is -0.190. The monoisotopic (exact) mass is 236 g/mol. The number of hydrogen-bond donors (Lipinski definition) is 0. The molecule has 0 aromatic carbocycles. The Morgan fingerprint density at radius 2 is 2.44 bits per heavy atom. The molecule has 0 N–H and O–H groups in total. The summed E-state index contributed by atoms with van der Waals surface area (Å²) in [5, 5.41) is 0. The number of pyridine rings is 1. The van der Waals surface area contributed by atoms with Gasteiger partial charge in [0, 0.05) is 9.77 Å². The van der Waals surface area contributed by atoms with Crippen LogP contribution >= 0.6 is 22.6 Å². The topological polar surface area (TPSA) is 12.9 Å². The van der Waals surface area contributed by atoms with Crippen molar-refractivity contribution in [3.8, 4) is 0 Å². The third kappa shape index (κ3) is 1.61. The fourth-order valence-corrected chi connectivity index (χ4v) is 0.793. The number of rotatable bonds is 0. The summed E-state index contributed by atoms with van der Waals surface area (Å²) in [6, 6.07) is 2.45. The van der Waals surface area contributed by atoms with Crippen molar-refractivity contribution in [3.05, 3.63) is 27.3 Å². The van der Waals surface area contributed by atoms with Gasteiger partial charge in [-0.1, -0.05) is 0 Å². The van der Waals surface area contributed by atoms with Gasteiger partial charge in [0.05, 0.1) is 6.07 Å². The third-order valence-corrected chi connectivity index (χ3v) is 2.05. The lowest BCUT2D eigenvalue weighted by atomic mass is 10.3. The first-order valence-corrected chi connectivity index (χ1v) is 3.48. The molecule has 0 unspecified atom stereocenters. The van der Waals surface area contributed by atoms with E-state index in [-0.39, 0.29) is 0 Å². The van der Waals surface area contributed by atoms with Gasteiger partial charge in [0.2, 0.25) is 5.95 Å². The largest absolute Gasteiger partial charge is 0.227 e. The van der Waals surface area contributed by atoms with E-state index in [1.807, 2.05) is 29.5 Å². The fraction of sp³-hybridized carbons (Fsp3) is 0.167. The van der Waals surface area contributed by atoms with Crippen LogP contribution in [0.2, 0.25) is 0 Å². The minimum absolute atomic E-state index is 0.537. The quantitative estimate of drug-likeness (QED) is 0.495. The van der Waals surface area contributed by atoms with E-state index in [1.165, 1.54) is 6.20 Å². The molecule has 0 aliphatic carbocycles. The van der Waals surface area contributed by atoms with Crippen LogP contribution in [-0.2, 0) is 0 Å². The van der Waals surface area contributed by atoms with Gasteiger partial charge in [-0.3, -0.25) is 0 Å². The van der Waals surface area contributed by atoms with Crippen LogP contribution in [-0.4, -0.2) is 4.98 Å². The molecule has 0 saturated carbocycles. The fourth-order valence-electron chi connectivity index (χ4n) is 0.432. The number of nitrogens with zero attached hydrogens (tertiary/aromatic N) is 1. The van der Waals surface area contributed by atoms with Crippen molar-refractivity contribution >= 4 is 22.6 Å². The molecule has 1 radical (unpaired) electrons. The second-order valence-electron chi connectivity index (χ2n) is 1.67. The second-order valence-corrected chi connectivity index (χ2v) is 2.75. The van der Waals surface area contributed by atoms with Crippen molar-refractivity contribution in [1.82, 2.24) is 4.98 Å². The van der Waals surface area contributed by atoms with Gasteiger partial charge in [0.1, 0.15) is 0 Å². The molecule has 0 amide bonds. The van der Waals surface area contributed by atoms with Crippen LogP contribution in [0.5, 0.6) is 0 Å². The number of halogens is 2. The minimum Gasteiger partial charge on any atom is -0.227 e. The van der Waals surface area contributed by atoms with E-state index in [1.54, 1.807) is 0 Å². The van der Waals surface area contributed by atoms with E-state index >= 15 is 0 Å². The molecular formula is C6H4FIN. The summed E-state index contributed by atoms with van der Waals surface area (Å²) in [5.74, 6) is -0.537. The summed E-state index contributed by atoms with van der Waals surface area (Å²) in [5.41, 5.74) is 0.956. The highest BCUT2D eigenvalue weighted by Gasteiger charge is 1.95. The Balaban J connectivity index is 3.17. The summed E-state index contributed by atoms with van der Waals surface area (Å²) in [4.78, 5) is 3.41. The Kier molecular flexibility index (Phi) is 2.00. The summed E-state index contributed by atoms with van der Waals surface area (Å²) in [6.45, 7) is 1.87. The second kappa shape index (κ2) is 2.60. The van der Waals surface area contributed by atoms with Gasteiger partial charge < -0.3 is 0 Å². The lowest BCUT2D eigenvalue weighted by Gasteiger charge is -1.92. The molecule has 0 spiro atoms. The van der Waals surface area contributed by atoms with Crippen molar-refractivity contribution in [2.45, 2.75) is 6.92 Å². The van der Waals surface area contributed by atoms with Crippen LogP contribution in [0.3, 0.4) is 0 Å². The van der Waals surface area contributed by atoms with Gasteiger partial charge >= 0.3 is 0 Å². The Bertz CT molecular complexity index is 224. The molecule has 1 aromatic heterocycles. The summed E-state index contributed by atoms with van der Waals surface area (Å²) in [7, 11) is 0. The standard InChI is InChI=1S/C6H4FIN/c1-4-3-9-6(7)2-5(4)8/h3H,1H3. The molecule has 0 aliphatic rings. The lowest BCUT2D eigenvalue weighted by Crippen LogP contribution is -1.86. The van der Waals surface area contributed by atoms with E-state index in [9.17, 15) is 4.39 Å². The number of aryl methyl sites for hydroxylation is 1. The molecule has 0 aliphatic heterocycles. The third-order valence-electron chi connectivity index (χ3n) is 0.931. The zero-order valence-corrected chi connectivity index (χ0v) is 6.94. The van der Waals surface area contributed by atoms with Gasteiger partial charge in [-0.25, -0.2) is 4.98 Å². The predicted octanol–water partition coefficient (Wildman–Crippen LogP) is 1.93. The average molecular weight is 236 g/mol. The molecule has 1 aromatic rings. The average Bonchev–Trinajstić information content (AvgIpc) is 1.80. The molecule has 1 rings (SSSR count). The molecule has 0 bridgehead atoms. The van der Waals surface area contributed by atoms with Crippen LogP contribution in [0.25, 0.3) is 0 Å². The maximum absolute atomic E-state index is 12.2. The smallest absolute Gasteiger partial charge is 0.222 e. The molecule has 1 heterocycles. The van der Waals surface area contributed by atoms with Crippen molar-refractivity contribution in [3.63, 3.8) is 0 Å². The molecule has 1 nitrogen and oxygen atoms in total. The molecule has 47 valence electrons. The van der Waals surface area contributed by atoms with Crippen molar-refractivity contribution in [2.24, 2.45) is 0 Å². The van der Waals surface area contributed by atoms with Crippen LogP contribution in [0, 0.1) is 22.5 Å². The van der Waals surface area contributed by atoms with E-state index in [2.05, 4.69) is 11.1 Å². The van der Waals surface area contributed by atoms with Crippen molar-refractivity contribution in [2.75, 3.05) is 0 Å². The lowest BCUT2D eigenvalue weighted by molar-refractivity contribution is 0.579. The van der Waals surface area contributed by atoms with Gasteiger partial charge in [0.25, 0.3) is 0 Å². The van der Waals surface area contributed by atoms with E-state index in [0.717, 1.165) is 9.13 Å². The predicted molar refractivity (Wildman–Crippen MR) is 40.5 cm³/mol. The van der Waals surface area contributed by atoms with Gasteiger partial charge in [-0.15, -0.1) is 0 Å². The van der Waals surface area contributed by atoms with Crippen LogP contribution < -0.4 is 0 Å². The first kappa shape index (κ1) is 6.92. The van der Waals surface area contributed by atoms with Crippen LogP contribution in [0.15, 0.2) is 6.20 Å². The van der Waals surface area contributed by atoms with Gasteiger partial charge in [0.15, 0.2) is 0 Å². The minimum atomic E-state index is -0.537. The molecule has 0 fully saturated rings. The highest BCUT2D eigenvalue weighted by molar-refractivity contribution is 14.1. The molecule has 9 heavy (non-hydrogen) atoms. The van der Waals surface area contributed by atoms with E-state index < -0.39 is 5.95 Å². The highest BCUT2D eigenvalue weighted by Crippen LogP contribution is 2.08. The van der Waals surface area contributed by atoms with Crippen LogP contribution in [0.4, 0.5) is 4.39 Å². The molecule has 3 heteroatoms. The Labute approximate surface area is 66.4 Å². The SMILES string of the molecule is Cc1cnc(F)[c]c1I. The van der Waals surface area contributed by atoms with E-state index in [4.69, 9.17) is 0 Å². The zero-order valence-electron chi connectivity index (χ0n) is 4.78. The zero-order chi connectivity index (χ0) is 6.85. The summed E-state index contributed by atoms with van der Waals surface area (Å²) in [6.07, 6.45) is 1.49. The number of hydrogen-bond acceptors (Lipinski definition) is 1. The Morgan fingerprint density at radius 1 is 1.78 bits per heavy atom. The summed E-state index contributed by atoms with van der Waals surface area (Å²) >= 11 is 2.01. The van der Waals surface area contributed by atoms with Crippen LogP contribution in [0.1, 0.15) is 5.56 Å². The van der Waals surface area contributed by atoms with E-state index in [0.29, 0.717) is 0 Å². The first-order valence-electron chi connectivity index (χ1n) is 2.40. The van der Waals surface area contributed by atoms with Gasteiger partial charge in [-0.05, 0) is 35.1 Å². The summed E-state index contributed by atoms with van der Waals surface area (Å²) < 4.78 is 13.0. The van der Waals surface area contributed by atoms with Gasteiger partial charge in [-0.2, -0.15) is 4.39 Å². The molecule has 0 atom stereocenters. The van der Waals surface area contributed by atoms with Crippen molar-refractivity contribution < 1.29 is 4.39 Å². The van der Waals surface area contributed by atoms with Crippen molar-refractivity contribution in [1.29, 1.82) is 0 Å². The number of aromatic nitrogens is 1. The first-order chi connectivity index (χ1) is 4.20. The normalized spacial score (nSPS) is 9.67.